The van der Waals surface area contributed by atoms with E-state index in [1.54, 1.807) is 0 Å². The third-order valence-corrected chi connectivity index (χ3v) is 4.45. The van der Waals surface area contributed by atoms with Crippen LogP contribution < -0.4 is 10.2 Å². The van der Waals surface area contributed by atoms with Crippen LogP contribution in [0.5, 0.6) is 0 Å². The Balaban J connectivity index is 2.05. The molecule has 1 aromatic rings. The van der Waals surface area contributed by atoms with Crippen molar-refractivity contribution in [1.29, 1.82) is 0 Å². The molecule has 1 saturated heterocycles. The highest BCUT2D eigenvalue weighted by molar-refractivity contribution is 8.00. The van der Waals surface area contributed by atoms with Crippen molar-refractivity contribution in [1.82, 2.24) is 10.3 Å². The van der Waals surface area contributed by atoms with Crippen molar-refractivity contribution in [3.05, 3.63) is 23.9 Å². The average molecular weight is 279 g/mol. The lowest BCUT2D eigenvalue weighted by Gasteiger charge is -2.35. The highest BCUT2D eigenvalue weighted by Gasteiger charge is 2.23. The predicted molar refractivity (Wildman–Crippen MR) is 84.9 cm³/mol. The van der Waals surface area contributed by atoms with Crippen molar-refractivity contribution in [2.75, 3.05) is 18.0 Å². The fraction of sp³-hybridized carbons (Fsp3) is 0.667. The van der Waals surface area contributed by atoms with Gasteiger partial charge in [0.15, 0.2) is 0 Å². The minimum absolute atomic E-state index is 0.497. The predicted octanol–water partition coefficient (Wildman–Crippen LogP) is 2.91. The topological polar surface area (TPSA) is 28.2 Å². The van der Waals surface area contributed by atoms with Gasteiger partial charge in [-0.1, -0.05) is 33.8 Å². The third kappa shape index (κ3) is 4.39. The van der Waals surface area contributed by atoms with Gasteiger partial charge >= 0.3 is 0 Å². The molecule has 1 aliphatic rings. The Morgan fingerprint density at radius 2 is 2.00 bits per heavy atom. The van der Waals surface area contributed by atoms with Gasteiger partial charge in [0.25, 0.3) is 0 Å². The number of nitrogens with one attached hydrogen (secondary N) is 1. The lowest BCUT2D eigenvalue weighted by Crippen LogP contribution is -2.41. The van der Waals surface area contributed by atoms with Gasteiger partial charge < -0.3 is 10.2 Å². The largest absolute Gasteiger partial charge is 0.354 e. The van der Waals surface area contributed by atoms with Crippen LogP contribution in [0, 0.1) is 0 Å². The average Bonchev–Trinajstić information content (AvgIpc) is 2.35. The normalized spacial score (nSPS) is 23.9. The standard InChI is InChI=1S/C15H25N3S/c1-11(2)16-8-14-6-5-7-15(17-14)18-9-12(3)19-13(4)10-18/h5-7,11-13,16H,8-10H2,1-4H3. The first-order valence-electron chi connectivity index (χ1n) is 7.14. The van der Waals surface area contributed by atoms with Crippen LogP contribution in [-0.2, 0) is 6.54 Å². The van der Waals surface area contributed by atoms with Crippen LogP contribution in [0.4, 0.5) is 5.82 Å². The minimum atomic E-state index is 0.497. The lowest BCUT2D eigenvalue weighted by molar-refractivity contribution is 0.580. The second-order valence-electron chi connectivity index (χ2n) is 5.69. The van der Waals surface area contributed by atoms with E-state index in [0.29, 0.717) is 16.5 Å². The molecule has 0 radical (unpaired) electrons. The van der Waals surface area contributed by atoms with Crippen molar-refractivity contribution in [2.24, 2.45) is 0 Å². The Bertz CT molecular complexity index is 398. The van der Waals surface area contributed by atoms with E-state index in [1.165, 1.54) is 0 Å². The van der Waals surface area contributed by atoms with Gasteiger partial charge in [0.05, 0.1) is 5.69 Å². The van der Waals surface area contributed by atoms with Crippen molar-refractivity contribution < 1.29 is 0 Å². The molecular weight excluding hydrogens is 254 g/mol. The van der Waals surface area contributed by atoms with Crippen molar-refractivity contribution in [3.8, 4) is 0 Å². The van der Waals surface area contributed by atoms with E-state index >= 15 is 0 Å². The fourth-order valence-corrected chi connectivity index (χ4v) is 3.74. The third-order valence-electron chi connectivity index (χ3n) is 3.23. The maximum absolute atomic E-state index is 4.79. The van der Waals surface area contributed by atoms with Gasteiger partial charge in [0.2, 0.25) is 0 Å². The van der Waals surface area contributed by atoms with Gasteiger partial charge in [0.1, 0.15) is 5.82 Å². The Morgan fingerprint density at radius 3 is 2.63 bits per heavy atom. The minimum Gasteiger partial charge on any atom is -0.354 e. The zero-order chi connectivity index (χ0) is 13.8. The Morgan fingerprint density at radius 1 is 1.32 bits per heavy atom. The number of anilines is 1. The second-order valence-corrected chi connectivity index (χ2v) is 7.57. The van der Waals surface area contributed by atoms with Gasteiger partial charge in [0, 0.05) is 36.2 Å². The molecule has 1 aromatic heterocycles. The molecule has 19 heavy (non-hydrogen) atoms. The van der Waals surface area contributed by atoms with Crippen molar-refractivity contribution in [2.45, 2.75) is 50.8 Å². The van der Waals surface area contributed by atoms with E-state index in [1.807, 2.05) is 0 Å². The molecule has 2 atom stereocenters. The maximum Gasteiger partial charge on any atom is 0.128 e. The smallest absolute Gasteiger partial charge is 0.128 e. The van der Waals surface area contributed by atoms with E-state index < -0.39 is 0 Å². The number of thioether (sulfide) groups is 1. The first kappa shape index (κ1) is 14.7. The van der Waals surface area contributed by atoms with Crippen LogP contribution in [0.25, 0.3) is 0 Å². The molecule has 4 heteroatoms. The summed E-state index contributed by atoms with van der Waals surface area (Å²) in [5, 5.41) is 4.79. The summed E-state index contributed by atoms with van der Waals surface area (Å²) in [5.74, 6) is 1.13. The summed E-state index contributed by atoms with van der Waals surface area (Å²) in [6, 6.07) is 6.85. The molecular formula is C15H25N3S. The molecule has 3 nitrogen and oxygen atoms in total. The van der Waals surface area contributed by atoms with E-state index in [2.05, 4.69) is 67.9 Å². The molecule has 106 valence electrons. The number of pyridine rings is 1. The maximum atomic E-state index is 4.79. The molecule has 2 heterocycles. The second kappa shape index (κ2) is 6.62. The summed E-state index contributed by atoms with van der Waals surface area (Å²) in [7, 11) is 0. The summed E-state index contributed by atoms with van der Waals surface area (Å²) in [5.41, 5.74) is 1.13. The van der Waals surface area contributed by atoms with Crippen LogP contribution in [0.15, 0.2) is 18.2 Å². The van der Waals surface area contributed by atoms with Crippen LogP contribution >= 0.6 is 11.8 Å². The molecule has 0 spiro atoms. The Kier molecular flexibility index (Phi) is 5.11. The van der Waals surface area contributed by atoms with Crippen LogP contribution in [-0.4, -0.2) is 34.6 Å². The number of aromatic nitrogens is 1. The Labute approximate surface area is 121 Å². The number of nitrogens with zero attached hydrogens (tertiary/aromatic N) is 2. The summed E-state index contributed by atoms with van der Waals surface area (Å²) in [4.78, 5) is 7.21. The first-order valence-corrected chi connectivity index (χ1v) is 8.08. The first-order chi connectivity index (χ1) is 9.04. The molecule has 1 aliphatic heterocycles. The van der Waals surface area contributed by atoms with Gasteiger partial charge in [-0.3, -0.25) is 0 Å². The van der Waals surface area contributed by atoms with E-state index in [0.717, 1.165) is 31.1 Å². The monoisotopic (exact) mass is 279 g/mol. The van der Waals surface area contributed by atoms with Crippen LogP contribution in [0.3, 0.4) is 0 Å². The molecule has 0 saturated carbocycles. The van der Waals surface area contributed by atoms with E-state index in [9.17, 15) is 0 Å². The van der Waals surface area contributed by atoms with E-state index in [4.69, 9.17) is 4.98 Å². The van der Waals surface area contributed by atoms with Gasteiger partial charge in [-0.15, -0.1) is 0 Å². The number of rotatable bonds is 4. The Hall–Kier alpha value is -0.740. The highest BCUT2D eigenvalue weighted by atomic mass is 32.2. The quantitative estimate of drug-likeness (QED) is 0.917. The molecule has 0 bridgehead atoms. The summed E-state index contributed by atoms with van der Waals surface area (Å²) in [6.45, 7) is 12.0. The van der Waals surface area contributed by atoms with E-state index in [-0.39, 0.29) is 0 Å². The fourth-order valence-electron chi connectivity index (χ4n) is 2.42. The molecule has 0 amide bonds. The SMILES string of the molecule is CC(C)NCc1cccc(N2CC(C)SC(C)C2)n1. The zero-order valence-electron chi connectivity index (χ0n) is 12.4. The highest BCUT2D eigenvalue weighted by Crippen LogP contribution is 2.27. The van der Waals surface area contributed by atoms with Crippen molar-refractivity contribution in [3.63, 3.8) is 0 Å². The summed E-state index contributed by atoms with van der Waals surface area (Å²) >= 11 is 2.08. The van der Waals surface area contributed by atoms with Crippen LogP contribution in [0.2, 0.25) is 0 Å². The van der Waals surface area contributed by atoms with Gasteiger partial charge in [-0.2, -0.15) is 11.8 Å². The van der Waals surface area contributed by atoms with Gasteiger partial charge in [-0.05, 0) is 12.1 Å². The van der Waals surface area contributed by atoms with Crippen LogP contribution in [0.1, 0.15) is 33.4 Å². The molecule has 0 aliphatic carbocycles. The zero-order valence-corrected chi connectivity index (χ0v) is 13.2. The summed E-state index contributed by atoms with van der Waals surface area (Å²) < 4.78 is 0. The molecule has 1 N–H and O–H groups in total. The molecule has 1 fully saturated rings. The molecule has 0 aromatic carbocycles. The number of hydrogen-bond acceptors (Lipinski definition) is 4. The molecule has 2 unspecified atom stereocenters. The van der Waals surface area contributed by atoms with Gasteiger partial charge in [-0.25, -0.2) is 4.98 Å². The number of hydrogen-bond donors (Lipinski definition) is 1. The van der Waals surface area contributed by atoms with Crippen molar-refractivity contribution >= 4 is 17.6 Å². The molecule has 2 rings (SSSR count). The summed E-state index contributed by atoms with van der Waals surface area (Å²) in [6.07, 6.45) is 0. The lowest BCUT2D eigenvalue weighted by atomic mass is 10.3.